The van der Waals surface area contributed by atoms with Gasteiger partial charge in [0.15, 0.2) is 5.78 Å². The van der Waals surface area contributed by atoms with Crippen LogP contribution >= 0.6 is 0 Å². The van der Waals surface area contributed by atoms with Crippen molar-refractivity contribution in [1.29, 1.82) is 0 Å². The van der Waals surface area contributed by atoms with E-state index in [4.69, 9.17) is 0 Å². The first kappa shape index (κ1) is 19.2. The molecule has 142 valence electrons. The Kier molecular flexibility index (Phi) is 6.11. The minimum Gasteiger partial charge on any atom is -0.385 e. The van der Waals surface area contributed by atoms with E-state index in [1.165, 1.54) is 19.1 Å². The van der Waals surface area contributed by atoms with Gasteiger partial charge in [0.2, 0.25) is 0 Å². The minimum atomic E-state index is -0.335. The summed E-state index contributed by atoms with van der Waals surface area (Å²) in [4.78, 5) is 27.8. The van der Waals surface area contributed by atoms with Crippen LogP contribution in [-0.4, -0.2) is 23.2 Å². The summed E-state index contributed by atoms with van der Waals surface area (Å²) in [5.41, 5.74) is 3.25. The van der Waals surface area contributed by atoms with Gasteiger partial charge in [-0.05, 0) is 67.4 Å². The van der Waals surface area contributed by atoms with Gasteiger partial charge in [-0.1, -0.05) is 12.1 Å². The molecule has 0 spiro atoms. The zero-order valence-corrected chi connectivity index (χ0v) is 15.4. The first-order valence-electron chi connectivity index (χ1n) is 8.88. The fourth-order valence-electron chi connectivity index (χ4n) is 2.65. The van der Waals surface area contributed by atoms with Crippen molar-refractivity contribution in [2.24, 2.45) is 0 Å². The number of halogens is 1. The Labute approximate surface area is 162 Å². The van der Waals surface area contributed by atoms with Crippen molar-refractivity contribution in [3.05, 3.63) is 89.5 Å². The fourth-order valence-corrected chi connectivity index (χ4v) is 2.65. The molecule has 2 N–H and O–H groups in total. The lowest BCUT2D eigenvalue weighted by atomic mass is 10.1. The highest BCUT2D eigenvalue weighted by Gasteiger charge is 2.09. The Morgan fingerprint density at radius 2 is 1.68 bits per heavy atom. The van der Waals surface area contributed by atoms with Gasteiger partial charge >= 0.3 is 0 Å². The molecule has 1 heterocycles. The van der Waals surface area contributed by atoms with Crippen molar-refractivity contribution in [2.75, 3.05) is 17.2 Å². The van der Waals surface area contributed by atoms with Crippen molar-refractivity contribution in [3.8, 4) is 0 Å². The Morgan fingerprint density at radius 1 is 0.964 bits per heavy atom. The molecule has 2 aromatic carbocycles. The molecule has 0 fully saturated rings. The predicted molar refractivity (Wildman–Crippen MR) is 107 cm³/mol. The van der Waals surface area contributed by atoms with Gasteiger partial charge in [-0.15, -0.1) is 0 Å². The zero-order chi connectivity index (χ0) is 19.9. The molecular weight excluding hydrogens is 357 g/mol. The number of carbonyl (C=O) groups excluding carboxylic acids is 2. The van der Waals surface area contributed by atoms with Crippen LogP contribution in [0.3, 0.4) is 0 Å². The van der Waals surface area contributed by atoms with Gasteiger partial charge in [-0.2, -0.15) is 0 Å². The number of hydrogen-bond donors (Lipinski definition) is 2. The summed E-state index contributed by atoms with van der Waals surface area (Å²) in [6.07, 6.45) is 2.29. The highest BCUT2D eigenvalue weighted by atomic mass is 19.1. The lowest BCUT2D eigenvalue weighted by Crippen LogP contribution is -2.14. The summed E-state index contributed by atoms with van der Waals surface area (Å²) in [5, 5.41) is 6.00. The maximum absolute atomic E-state index is 12.9. The second kappa shape index (κ2) is 8.90. The van der Waals surface area contributed by atoms with Gasteiger partial charge in [0.1, 0.15) is 11.5 Å². The predicted octanol–water partition coefficient (Wildman–Crippen LogP) is 4.33. The summed E-state index contributed by atoms with van der Waals surface area (Å²) in [6, 6.07) is 16.5. The topological polar surface area (TPSA) is 71.1 Å². The van der Waals surface area contributed by atoms with Crippen molar-refractivity contribution in [1.82, 2.24) is 4.98 Å². The third kappa shape index (κ3) is 5.23. The minimum absolute atomic E-state index is 0.0287. The molecule has 1 aromatic heterocycles. The molecule has 3 rings (SSSR count). The van der Waals surface area contributed by atoms with Crippen LogP contribution in [-0.2, 0) is 6.42 Å². The fraction of sp³-hybridized carbons (Fsp3) is 0.136. The summed E-state index contributed by atoms with van der Waals surface area (Å²) in [6.45, 7) is 2.13. The summed E-state index contributed by atoms with van der Waals surface area (Å²) in [7, 11) is 0. The molecule has 0 saturated carbocycles. The van der Waals surface area contributed by atoms with Gasteiger partial charge in [-0.25, -0.2) is 4.39 Å². The first-order valence-corrected chi connectivity index (χ1v) is 8.88. The molecule has 0 aliphatic carbocycles. The van der Waals surface area contributed by atoms with E-state index >= 15 is 0 Å². The number of anilines is 2. The number of rotatable bonds is 7. The number of benzene rings is 2. The maximum Gasteiger partial charge on any atom is 0.274 e. The number of amides is 1. The van der Waals surface area contributed by atoms with Gasteiger partial charge in [-0.3, -0.25) is 14.6 Å². The number of aromatic nitrogens is 1. The van der Waals surface area contributed by atoms with Crippen LogP contribution in [0.15, 0.2) is 66.9 Å². The third-order valence-corrected chi connectivity index (χ3v) is 4.20. The van der Waals surface area contributed by atoms with E-state index in [0.717, 1.165) is 17.7 Å². The lowest BCUT2D eigenvalue weighted by molar-refractivity contribution is 0.101. The number of carbonyl (C=O) groups is 2. The van der Waals surface area contributed by atoms with Crippen LogP contribution in [0.1, 0.15) is 33.3 Å². The lowest BCUT2D eigenvalue weighted by Gasteiger charge is -2.09. The first-order chi connectivity index (χ1) is 13.5. The summed E-state index contributed by atoms with van der Waals surface area (Å²) >= 11 is 0. The van der Waals surface area contributed by atoms with Crippen LogP contribution in [0.2, 0.25) is 0 Å². The summed E-state index contributed by atoms with van der Waals surface area (Å²) < 4.78 is 12.9. The largest absolute Gasteiger partial charge is 0.385 e. The van der Waals surface area contributed by atoms with Gasteiger partial charge in [0.05, 0.1) is 0 Å². The van der Waals surface area contributed by atoms with E-state index in [1.807, 2.05) is 0 Å². The third-order valence-electron chi connectivity index (χ3n) is 4.20. The second-order valence-electron chi connectivity index (χ2n) is 6.32. The van der Waals surface area contributed by atoms with E-state index in [1.54, 1.807) is 54.7 Å². The molecule has 0 aliphatic rings. The highest BCUT2D eigenvalue weighted by Crippen LogP contribution is 2.13. The van der Waals surface area contributed by atoms with E-state index in [9.17, 15) is 14.0 Å². The Bertz CT molecular complexity index is 970. The molecule has 28 heavy (non-hydrogen) atoms. The molecule has 0 radical (unpaired) electrons. The van der Waals surface area contributed by atoms with Crippen LogP contribution in [0, 0.1) is 5.82 Å². The molecule has 0 saturated heterocycles. The van der Waals surface area contributed by atoms with Crippen LogP contribution in [0.5, 0.6) is 0 Å². The molecule has 0 bridgehead atoms. The normalized spacial score (nSPS) is 10.4. The number of hydrogen-bond acceptors (Lipinski definition) is 4. The van der Waals surface area contributed by atoms with Crippen LogP contribution in [0.25, 0.3) is 0 Å². The average Bonchev–Trinajstić information content (AvgIpc) is 2.70. The maximum atomic E-state index is 12.9. The Hall–Kier alpha value is -3.54. The highest BCUT2D eigenvalue weighted by molar-refractivity contribution is 6.03. The van der Waals surface area contributed by atoms with E-state index in [2.05, 4.69) is 15.6 Å². The van der Waals surface area contributed by atoms with Gasteiger partial charge < -0.3 is 10.6 Å². The van der Waals surface area contributed by atoms with Gasteiger partial charge in [0, 0.05) is 29.7 Å². The van der Waals surface area contributed by atoms with Gasteiger partial charge in [0.25, 0.3) is 5.91 Å². The number of Topliss-reactive ketones (excluding diaryl/α,β-unsaturated/α-hetero) is 1. The summed E-state index contributed by atoms with van der Waals surface area (Å²) in [5.74, 6) is -0.617. The van der Waals surface area contributed by atoms with Crippen LogP contribution < -0.4 is 10.6 Å². The molecule has 0 atom stereocenters. The van der Waals surface area contributed by atoms with E-state index < -0.39 is 0 Å². The molecule has 0 unspecified atom stereocenters. The molecule has 1 amide bonds. The van der Waals surface area contributed by atoms with Crippen LogP contribution in [0.4, 0.5) is 15.8 Å². The molecule has 5 nitrogen and oxygen atoms in total. The number of ketones is 1. The Balaban J connectivity index is 1.57. The van der Waals surface area contributed by atoms with Crippen molar-refractivity contribution < 1.29 is 14.0 Å². The van der Waals surface area contributed by atoms with E-state index in [-0.39, 0.29) is 23.2 Å². The zero-order valence-electron chi connectivity index (χ0n) is 15.4. The quantitative estimate of drug-likeness (QED) is 0.601. The number of nitrogens with one attached hydrogen (secondary N) is 2. The smallest absolute Gasteiger partial charge is 0.274 e. The van der Waals surface area contributed by atoms with Crippen molar-refractivity contribution >= 4 is 23.1 Å². The second-order valence-corrected chi connectivity index (χ2v) is 6.32. The van der Waals surface area contributed by atoms with E-state index in [0.29, 0.717) is 17.8 Å². The average molecular weight is 377 g/mol. The van der Waals surface area contributed by atoms with Crippen molar-refractivity contribution in [2.45, 2.75) is 13.3 Å². The monoisotopic (exact) mass is 377 g/mol. The SMILES string of the molecule is CC(=O)c1ccc(NC(=O)c2cc(NCCc3ccc(F)cc3)ccn2)cc1. The Morgan fingerprint density at radius 3 is 2.36 bits per heavy atom. The number of pyridine rings is 1. The standard InChI is InChI=1S/C22H20FN3O2/c1-15(27)17-4-8-19(9-5-17)26-22(28)21-14-20(11-13-25-21)24-12-10-16-2-6-18(23)7-3-16/h2-9,11,13-14H,10,12H2,1H3,(H,24,25)(H,26,28). The molecule has 6 heteroatoms. The molecular formula is C22H20FN3O2. The van der Waals surface area contributed by atoms with Crippen molar-refractivity contribution in [3.63, 3.8) is 0 Å². The number of nitrogens with zero attached hydrogens (tertiary/aromatic N) is 1. The molecule has 0 aliphatic heterocycles. The molecule has 3 aromatic rings.